The minimum atomic E-state index is -0.144. The number of rotatable bonds is 9. The van der Waals surface area contributed by atoms with E-state index in [1.165, 1.54) is 0 Å². The molecule has 0 bridgehead atoms. The van der Waals surface area contributed by atoms with Gasteiger partial charge in [0.1, 0.15) is 5.82 Å². The van der Waals surface area contributed by atoms with Crippen LogP contribution in [0.25, 0.3) is 0 Å². The van der Waals surface area contributed by atoms with Crippen LogP contribution in [0.2, 0.25) is 0 Å². The molecule has 1 amide bonds. The van der Waals surface area contributed by atoms with E-state index in [1.54, 1.807) is 12.1 Å². The van der Waals surface area contributed by atoms with Crippen molar-refractivity contribution in [2.45, 2.75) is 45.7 Å². The van der Waals surface area contributed by atoms with Crippen LogP contribution in [0.4, 0.5) is 10.1 Å². The van der Waals surface area contributed by atoms with Crippen LogP contribution < -0.4 is 10.2 Å². The monoisotopic (exact) mass is 481 g/mol. The van der Waals surface area contributed by atoms with Gasteiger partial charge in [0.25, 0.3) is 0 Å². The van der Waals surface area contributed by atoms with Gasteiger partial charge in [-0.05, 0) is 48.9 Å². The minimum absolute atomic E-state index is 0.144. The number of anilines is 1. The molecule has 0 unspecified atom stereocenters. The lowest BCUT2D eigenvalue weighted by Gasteiger charge is -2.47. The van der Waals surface area contributed by atoms with E-state index in [0.29, 0.717) is 30.0 Å². The molecule has 0 aliphatic carbocycles. The van der Waals surface area contributed by atoms with Crippen molar-refractivity contribution in [1.82, 2.24) is 20.1 Å². The lowest BCUT2D eigenvalue weighted by Crippen LogP contribution is -2.57. The van der Waals surface area contributed by atoms with Gasteiger partial charge in [-0.2, -0.15) is 0 Å². The van der Waals surface area contributed by atoms with Crippen molar-refractivity contribution in [2.24, 2.45) is 11.8 Å². The first-order valence-corrected chi connectivity index (χ1v) is 13.1. The van der Waals surface area contributed by atoms with Crippen LogP contribution in [0.1, 0.15) is 38.8 Å². The zero-order chi connectivity index (χ0) is 24.6. The molecular weight excluding hydrogens is 441 g/mol. The molecule has 1 N–H and O–H groups in total. The molecule has 1 aromatic heterocycles. The second-order valence-corrected chi connectivity index (χ2v) is 10.4. The van der Waals surface area contributed by atoms with Crippen LogP contribution in [0, 0.1) is 17.7 Å². The van der Waals surface area contributed by atoms with Crippen LogP contribution in [0.15, 0.2) is 48.7 Å². The number of amides is 1. The molecule has 0 radical (unpaired) electrons. The number of carbonyl (C=O) groups excluding carboxylic acids is 1. The van der Waals surface area contributed by atoms with Gasteiger partial charge in [0.2, 0.25) is 5.91 Å². The molecule has 35 heavy (non-hydrogen) atoms. The van der Waals surface area contributed by atoms with Gasteiger partial charge in [-0.25, -0.2) is 4.39 Å². The maximum Gasteiger partial charge on any atom is 0.220 e. The average Bonchev–Trinajstić information content (AvgIpc) is 2.87. The predicted octanol–water partition coefficient (Wildman–Crippen LogP) is 3.79. The summed E-state index contributed by atoms with van der Waals surface area (Å²) >= 11 is 0. The minimum Gasteiger partial charge on any atom is -0.367 e. The van der Waals surface area contributed by atoms with E-state index < -0.39 is 0 Å². The van der Waals surface area contributed by atoms with Crippen molar-refractivity contribution in [3.8, 4) is 0 Å². The Hall–Kier alpha value is -2.51. The van der Waals surface area contributed by atoms with Crippen molar-refractivity contribution in [2.75, 3.05) is 50.7 Å². The van der Waals surface area contributed by atoms with Gasteiger partial charge < -0.3 is 10.2 Å². The van der Waals surface area contributed by atoms with Gasteiger partial charge >= 0.3 is 0 Å². The normalized spacial score (nSPS) is 21.9. The number of piperazine rings is 1. The highest BCUT2D eigenvalue weighted by Crippen LogP contribution is 2.29. The molecule has 6 nitrogen and oxygen atoms in total. The molecule has 3 heterocycles. The van der Waals surface area contributed by atoms with Crippen molar-refractivity contribution < 1.29 is 9.18 Å². The summed E-state index contributed by atoms with van der Waals surface area (Å²) in [4.78, 5) is 24.2. The highest BCUT2D eigenvalue weighted by Gasteiger charge is 2.35. The number of para-hydroxylation sites is 1. The smallest absolute Gasteiger partial charge is 0.220 e. The lowest BCUT2D eigenvalue weighted by molar-refractivity contribution is -0.121. The van der Waals surface area contributed by atoms with Gasteiger partial charge in [-0.15, -0.1) is 0 Å². The first-order chi connectivity index (χ1) is 17.0. The highest BCUT2D eigenvalue weighted by molar-refractivity contribution is 5.75. The number of hydrogen-bond donors (Lipinski definition) is 1. The summed E-state index contributed by atoms with van der Waals surface area (Å²) in [5, 5.41) is 3.08. The van der Waals surface area contributed by atoms with Gasteiger partial charge in [0.15, 0.2) is 0 Å². The highest BCUT2D eigenvalue weighted by atomic mass is 19.1. The number of piperidine rings is 1. The first kappa shape index (κ1) is 25.6. The molecule has 2 fully saturated rings. The molecule has 2 saturated heterocycles. The summed E-state index contributed by atoms with van der Waals surface area (Å²) in [5.41, 5.74) is 1.80. The van der Waals surface area contributed by atoms with Crippen molar-refractivity contribution in [3.05, 3.63) is 60.2 Å². The maximum absolute atomic E-state index is 14.3. The molecule has 7 heteroatoms. The Balaban J connectivity index is 1.37. The van der Waals surface area contributed by atoms with Crippen molar-refractivity contribution >= 4 is 11.6 Å². The Kier molecular flexibility index (Phi) is 9.10. The van der Waals surface area contributed by atoms with Crippen molar-refractivity contribution in [3.63, 3.8) is 0 Å². The number of likely N-dealkylation sites (tertiary alicyclic amines) is 1. The molecule has 2 aliphatic rings. The fourth-order valence-corrected chi connectivity index (χ4v) is 5.45. The van der Waals surface area contributed by atoms with E-state index in [1.807, 2.05) is 30.5 Å². The van der Waals surface area contributed by atoms with Gasteiger partial charge in [-0.3, -0.25) is 19.6 Å². The molecular formula is C28H40FN5O. The Morgan fingerprint density at radius 1 is 1.09 bits per heavy atom. The Morgan fingerprint density at radius 3 is 2.57 bits per heavy atom. The zero-order valence-corrected chi connectivity index (χ0v) is 21.2. The molecule has 4 rings (SSSR count). The fraction of sp³-hybridized carbons (Fsp3) is 0.571. The molecule has 190 valence electrons. The van der Waals surface area contributed by atoms with E-state index in [-0.39, 0.29) is 11.7 Å². The summed E-state index contributed by atoms with van der Waals surface area (Å²) in [7, 11) is 0. The Labute approximate surface area is 209 Å². The number of nitrogens with zero attached hydrogens (tertiary/aromatic N) is 4. The van der Waals surface area contributed by atoms with E-state index in [9.17, 15) is 9.18 Å². The fourth-order valence-electron chi connectivity index (χ4n) is 5.45. The van der Waals surface area contributed by atoms with Crippen LogP contribution in [-0.2, 0) is 11.3 Å². The number of carbonyl (C=O) groups is 1. The van der Waals surface area contributed by atoms with Crippen LogP contribution in [0.3, 0.4) is 0 Å². The average molecular weight is 482 g/mol. The molecule has 0 spiro atoms. The molecule has 0 saturated carbocycles. The summed E-state index contributed by atoms with van der Waals surface area (Å²) in [6.45, 7) is 11.3. The largest absolute Gasteiger partial charge is 0.367 e. The van der Waals surface area contributed by atoms with Crippen LogP contribution in [0.5, 0.6) is 0 Å². The summed E-state index contributed by atoms with van der Waals surface area (Å²) in [6.07, 6.45) is 4.40. The predicted molar refractivity (Wildman–Crippen MR) is 139 cm³/mol. The number of halogens is 1. The molecule has 1 aromatic carbocycles. The summed E-state index contributed by atoms with van der Waals surface area (Å²) < 4.78 is 14.3. The Bertz CT molecular complexity index is 932. The van der Waals surface area contributed by atoms with Crippen LogP contribution >= 0.6 is 0 Å². The zero-order valence-electron chi connectivity index (χ0n) is 21.2. The maximum atomic E-state index is 14.3. The third-order valence-electron chi connectivity index (χ3n) is 7.32. The van der Waals surface area contributed by atoms with Crippen LogP contribution in [-0.4, -0.2) is 72.5 Å². The molecule has 2 aromatic rings. The van der Waals surface area contributed by atoms with Gasteiger partial charge in [0.05, 0.1) is 11.4 Å². The number of hydrogen-bond acceptors (Lipinski definition) is 5. The van der Waals surface area contributed by atoms with Gasteiger partial charge in [-0.1, -0.05) is 32.0 Å². The third-order valence-corrected chi connectivity index (χ3v) is 7.32. The van der Waals surface area contributed by atoms with E-state index in [0.717, 1.165) is 70.9 Å². The van der Waals surface area contributed by atoms with E-state index >= 15 is 0 Å². The van der Waals surface area contributed by atoms with E-state index in [4.69, 9.17) is 0 Å². The third kappa shape index (κ3) is 7.24. The number of pyridine rings is 1. The number of aromatic nitrogens is 1. The molecule has 2 aliphatic heterocycles. The second-order valence-electron chi connectivity index (χ2n) is 10.4. The van der Waals surface area contributed by atoms with Gasteiger partial charge in [0, 0.05) is 71.0 Å². The molecule has 2 atom stereocenters. The standard InChI is InChI=1S/C28H40FN5O/c1-22(2)19-31-28(35)11-10-23-20-32(21-24-7-5-6-13-30-24)14-12-26(23)33-15-17-34(18-16-33)27-9-4-3-8-25(27)29/h3-9,13,22-23,26H,10-12,14-21H2,1-2H3,(H,31,35)/t23-,26+/m1/s1. The second kappa shape index (κ2) is 12.5. The summed E-state index contributed by atoms with van der Waals surface area (Å²) in [5.74, 6) is 0.899. The summed E-state index contributed by atoms with van der Waals surface area (Å²) in [6, 6.07) is 13.6. The number of benzene rings is 1. The first-order valence-electron chi connectivity index (χ1n) is 13.1. The number of nitrogens with one attached hydrogen (secondary N) is 1. The van der Waals surface area contributed by atoms with E-state index in [2.05, 4.69) is 44.9 Å². The quantitative estimate of drug-likeness (QED) is 0.591. The topological polar surface area (TPSA) is 51.7 Å². The lowest BCUT2D eigenvalue weighted by atomic mass is 9.86. The SMILES string of the molecule is CC(C)CNC(=O)CC[C@@H]1CN(Cc2ccccn2)CC[C@@H]1N1CCN(c2ccccc2F)CC1. The Morgan fingerprint density at radius 2 is 1.86 bits per heavy atom. The van der Waals surface area contributed by atoms with Crippen molar-refractivity contribution in [1.29, 1.82) is 0 Å².